The lowest BCUT2D eigenvalue weighted by Gasteiger charge is -2.35. The minimum atomic E-state index is -4.48. The van der Waals surface area contributed by atoms with Gasteiger partial charge < -0.3 is 15.0 Å². The normalized spacial score (nSPS) is 25.6. The molecule has 2 aliphatic heterocycles. The molecule has 0 bridgehead atoms. The molecule has 166 valence electrons. The van der Waals surface area contributed by atoms with Gasteiger partial charge in [0.15, 0.2) is 0 Å². The molecular formula is C21H28F3N3O3. The molecule has 3 atom stereocenters. The molecule has 30 heavy (non-hydrogen) atoms. The Hall–Kier alpha value is -2.13. The second-order valence-corrected chi connectivity index (χ2v) is 8.11. The number of amides is 2. The van der Waals surface area contributed by atoms with Crippen LogP contribution in [0.25, 0.3) is 0 Å². The van der Waals surface area contributed by atoms with Gasteiger partial charge in [-0.2, -0.15) is 13.2 Å². The number of morpholine rings is 1. The van der Waals surface area contributed by atoms with Crippen molar-refractivity contribution < 1.29 is 27.5 Å². The lowest BCUT2D eigenvalue weighted by molar-refractivity contribution is -0.137. The number of halogens is 3. The Kier molecular flexibility index (Phi) is 7.02. The molecule has 9 heteroatoms. The van der Waals surface area contributed by atoms with Gasteiger partial charge in [0, 0.05) is 44.8 Å². The molecule has 0 spiro atoms. The van der Waals surface area contributed by atoms with E-state index in [1.807, 2.05) is 13.8 Å². The zero-order chi connectivity index (χ0) is 21.9. The molecular weight excluding hydrogens is 399 g/mol. The Labute approximate surface area is 174 Å². The molecule has 0 radical (unpaired) electrons. The van der Waals surface area contributed by atoms with Gasteiger partial charge in [-0.3, -0.25) is 14.5 Å². The van der Waals surface area contributed by atoms with E-state index < -0.39 is 17.7 Å². The fraction of sp³-hybridized carbons (Fsp3) is 0.619. The molecule has 1 aromatic carbocycles. The fourth-order valence-corrected chi connectivity index (χ4v) is 4.11. The highest BCUT2D eigenvalue weighted by atomic mass is 19.4. The predicted octanol–water partition coefficient (Wildman–Crippen LogP) is 2.67. The minimum Gasteiger partial charge on any atom is -0.373 e. The van der Waals surface area contributed by atoms with E-state index in [1.54, 1.807) is 0 Å². The SMILES string of the molecule is C[C@@H]1CN(CCCNC(=O)[C@@H]2CC(=O)N(c3cccc(C(F)(F)F)c3)C2)C[C@H](C)O1. The minimum absolute atomic E-state index is 0.000568. The van der Waals surface area contributed by atoms with Gasteiger partial charge in [0.05, 0.1) is 23.7 Å². The second-order valence-electron chi connectivity index (χ2n) is 8.11. The van der Waals surface area contributed by atoms with E-state index in [9.17, 15) is 22.8 Å². The van der Waals surface area contributed by atoms with Crippen LogP contribution in [0.15, 0.2) is 24.3 Å². The van der Waals surface area contributed by atoms with Crippen LogP contribution in [0, 0.1) is 5.92 Å². The summed E-state index contributed by atoms with van der Waals surface area (Å²) in [5.74, 6) is -1.14. The van der Waals surface area contributed by atoms with Gasteiger partial charge >= 0.3 is 6.18 Å². The molecule has 0 unspecified atom stereocenters. The average molecular weight is 427 g/mol. The quantitative estimate of drug-likeness (QED) is 0.710. The monoisotopic (exact) mass is 427 g/mol. The lowest BCUT2D eigenvalue weighted by atomic mass is 10.1. The Morgan fingerprint density at radius 3 is 2.57 bits per heavy atom. The Balaban J connectivity index is 1.47. The highest BCUT2D eigenvalue weighted by Gasteiger charge is 2.36. The van der Waals surface area contributed by atoms with Crippen molar-refractivity contribution in [2.24, 2.45) is 5.92 Å². The number of alkyl halides is 3. The Morgan fingerprint density at radius 2 is 1.90 bits per heavy atom. The predicted molar refractivity (Wildman–Crippen MR) is 106 cm³/mol. The van der Waals surface area contributed by atoms with Crippen LogP contribution >= 0.6 is 0 Å². The maximum Gasteiger partial charge on any atom is 0.416 e. The number of benzene rings is 1. The van der Waals surface area contributed by atoms with Crippen molar-refractivity contribution in [3.05, 3.63) is 29.8 Å². The van der Waals surface area contributed by atoms with Crippen LogP contribution in [0.4, 0.5) is 18.9 Å². The second kappa shape index (κ2) is 9.34. The fourth-order valence-electron chi connectivity index (χ4n) is 4.11. The molecule has 6 nitrogen and oxygen atoms in total. The highest BCUT2D eigenvalue weighted by Crippen LogP contribution is 2.33. The Morgan fingerprint density at radius 1 is 1.20 bits per heavy atom. The molecule has 0 saturated carbocycles. The van der Waals surface area contributed by atoms with Crippen LogP contribution in [-0.2, 0) is 20.5 Å². The maximum atomic E-state index is 12.9. The number of hydrogen-bond donors (Lipinski definition) is 1. The molecule has 3 rings (SSSR count). The molecule has 2 aliphatic rings. The zero-order valence-corrected chi connectivity index (χ0v) is 17.2. The van der Waals surface area contributed by atoms with E-state index >= 15 is 0 Å². The summed E-state index contributed by atoms with van der Waals surface area (Å²) in [5.41, 5.74) is -0.645. The van der Waals surface area contributed by atoms with Crippen molar-refractivity contribution >= 4 is 17.5 Å². The summed E-state index contributed by atoms with van der Waals surface area (Å²) in [4.78, 5) is 28.3. The van der Waals surface area contributed by atoms with Crippen LogP contribution < -0.4 is 10.2 Å². The number of carbonyl (C=O) groups excluding carboxylic acids is 2. The third-order valence-electron chi connectivity index (χ3n) is 5.43. The number of rotatable bonds is 6. The zero-order valence-electron chi connectivity index (χ0n) is 17.2. The lowest BCUT2D eigenvalue weighted by Crippen LogP contribution is -2.46. The highest BCUT2D eigenvalue weighted by molar-refractivity contribution is 6.00. The number of nitrogens with zero attached hydrogens (tertiary/aromatic N) is 2. The first-order valence-electron chi connectivity index (χ1n) is 10.3. The van der Waals surface area contributed by atoms with E-state index in [2.05, 4.69) is 10.2 Å². The van der Waals surface area contributed by atoms with Crippen LogP contribution in [-0.4, -0.2) is 61.6 Å². The molecule has 2 heterocycles. The van der Waals surface area contributed by atoms with Crippen LogP contribution in [0.5, 0.6) is 0 Å². The van der Waals surface area contributed by atoms with E-state index in [-0.39, 0.29) is 42.7 Å². The van der Waals surface area contributed by atoms with Gasteiger partial charge in [0.1, 0.15) is 0 Å². The van der Waals surface area contributed by atoms with E-state index in [0.29, 0.717) is 6.54 Å². The van der Waals surface area contributed by atoms with Crippen molar-refractivity contribution in [1.82, 2.24) is 10.2 Å². The third-order valence-corrected chi connectivity index (χ3v) is 5.43. The maximum absolute atomic E-state index is 12.9. The summed E-state index contributed by atoms with van der Waals surface area (Å²) >= 11 is 0. The van der Waals surface area contributed by atoms with Crippen molar-refractivity contribution in [1.29, 1.82) is 0 Å². The van der Waals surface area contributed by atoms with Crippen molar-refractivity contribution in [2.75, 3.05) is 37.6 Å². The van der Waals surface area contributed by atoms with Crippen molar-refractivity contribution in [2.45, 2.75) is 45.1 Å². The van der Waals surface area contributed by atoms with Gasteiger partial charge in [-0.25, -0.2) is 0 Å². The smallest absolute Gasteiger partial charge is 0.373 e. The van der Waals surface area contributed by atoms with Crippen molar-refractivity contribution in [3.8, 4) is 0 Å². The van der Waals surface area contributed by atoms with Gasteiger partial charge in [-0.15, -0.1) is 0 Å². The van der Waals surface area contributed by atoms with Gasteiger partial charge in [-0.05, 0) is 38.5 Å². The summed E-state index contributed by atoms with van der Waals surface area (Å²) in [6.07, 6.45) is -3.32. The summed E-state index contributed by atoms with van der Waals surface area (Å²) < 4.78 is 44.5. The molecule has 2 saturated heterocycles. The first-order chi connectivity index (χ1) is 14.1. The van der Waals surface area contributed by atoms with Crippen LogP contribution in [0.3, 0.4) is 0 Å². The van der Waals surface area contributed by atoms with E-state index in [0.717, 1.165) is 38.2 Å². The van der Waals surface area contributed by atoms with Crippen LogP contribution in [0.1, 0.15) is 32.3 Å². The molecule has 2 fully saturated rings. The van der Waals surface area contributed by atoms with Crippen LogP contribution in [0.2, 0.25) is 0 Å². The molecule has 1 N–H and O–H groups in total. The largest absolute Gasteiger partial charge is 0.416 e. The Bertz CT molecular complexity index is 761. The number of anilines is 1. The van der Waals surface area contributed by atoms with Crippen molar-refractivity contribution in [3.63, 3.8) is 0 Å². The first-order valence-corrected chi connectivity index (χ1v) is 10.3. The standard InChI is InChI=1S/C21H28F3N3O3/c1-14-11-26(12-15(2)30-14)8-4-7-25-20(29)16-9-19(28)27(13-16)18-6-3-5-17(10-18)21(22,23)24/h3,5-6,10,14-16H,4,7-9,11-13H2,1-2H3,(H,25,29)/t14-,15+,16-/m1/s1. The summed E-state index contributed by atoms with van der Waals surface area (Å²) in [6, 6.07) is 4.64. The summed E-state index contributed by atoms with van der Waals surface area (Å²) in [7, 11) is 0. The van der Waals surface area contributed by atoms with Gasteiger partial charge in [-0.1, -0.05) is 6.07 Å². The average Bonchev–Trinajstić information content (AvgIpc) is 3.05. The molecule has 0 aliphatic carbocycles. The topological polar surface area (TPSA) is 61.9 Å². The summed E-state index contributed by atoms with van der Waals surface area (Å²) in [6.45, 7) is 7.23. The van der Waals surface area contributed by atoms with Gasteiger partial charge in [0.25, 0.3) is 0 Å². The van der Waals surface area contributed by atoms with Gasteiger partial charge in [0.2, 0.25) is 11.8 Å². The number of hydrogen-bond acceptors (Lipinski definition) is 4. The third kappa shape index (κ3) is 5.72. The number of nitrogens with one attached hydrogen (secondary N) is 1. The molecule has 2 amide bonds. The van der Waals surface area contributed by atoms with E-state index in [4.69, 9.17) is 4.74 Å². The number of ether oxygens (including phenoxy) is 1. The van der Waals surface area contributed by atoms with E-state index in [1.165, 1.54) is 17.0 Å². The first kappa shape index (κ1) is 22.6. The summed E-state index contributed by atoms with van der Waals surface area (Å²) in [5, 5.41) is 2.86. The number of carbonyl (C=O) groups is 2. The molecule has 0 aromatic heterocycles. The molecule has 1 aromatic rings.